The van der Waals surface area contributed by atoms with Crippen molar-refractivity contribution in [2.45, 2.75) is 26.8 Å². The van der Waals surface area contributed by atoms with Crippen LogP contribution in [0.1, 0.15) is 31.1 Å². The molecule has 0 fully saturated rings. The van der Waals surface area contributed by atoms with Crippen LogP contribution in [0.3, 0.4) is 0 Å². The summed E-state index contributed by atoms with van der Waals surface area (Å²) in [6.07, 6.45) is 0. The Hall–Kier alpha value is -2.57. The number of hydrogen-bond donors (Lipinski definition) is 1. The fraction of sp³-hybridized carbons (Fsp3) is 0.500. The van der Waals surface area contributed by atoms with Crippen LogP contribution in [0.25, 0.3) is 0 Å². The van der Waals surface area contributed by atoms with E-state index < -0.39 is 12.0 Å². The summed E-state index contributed by atoms with van der Waals surface area (Å²) in [7, 11) is 3.05. The molecule has 0 aliphatic heterocycles. The normalized spacial score (nSPS) is 11.6. The number of carbonyl (C=O) groups is 3. The first-order chi connectivity index (χ1) is 11.8. The number of benzene rings is 1. The van der Waals surface area contributed by atoms with E-state index >= 15 is 0 Å². The maximum Gasteiger partial charge on any atom is 0.325 e. The van der Waals surface area contributed by atoms with Crippen LogP contribution >= 0.6 is 0 Å². The number of nitrogens with zero attached hydrogens (tertiary/aromatic N) is 1. The van der Waals surface area contributed by atoms with Gasteiger partial charge in [-0.25, -0.2) is 0 Å². The lowest BCUT2D eigenvalue weighted by molar-refractivity contribution is -0.148. The maximum atomic E-state index is 12.6. The van der Waals surface area contributed by atoms with Crippen molar-refractivity contribution in [3.8, 4) is 5.75 Å². The molecule has 0 aliphatic rings. The fourth-order valence-corrected chi connectivity index (χ4v) is 2.20. The van der Waals surface area contributed by atoms with E-state index in [0.29, 0.717) is 11.3 Å². The predicted octanol–water partition coefficient (Wildman–Crippen LogP) is 1.47. The Kier molecular flexibility index (Phi) is 7.91. The summed E-state index contributed by atoms with van der Waals surface area (Å²) < 4.78 is 9.90. The van der Waals surface area contributed by atoms with Crippen LogP contribution in [0.2, 0.25) is 0 Å². The fourth-order valence-electron chi connectivity index (χ4n) is 2.20. The molecule has 25 heavy (non-hydrogen) atoms. The minimum absolute atomic E-state index is 0.139. The quantitative estimate of drug-likeness (QED) is 0.718. The molecule has 0 aromatic heterocycles. The average molecular weight is 350 g/mol. The van der Waals surface area contributed by atoms with E-state index in [2.05, 4.69) is 5.32 Å². The summed E-state index contributed by atoms with van der Waals surface area (Å²) in [4.78, 5) is 37.8. The highest BCUT2D eigenvalue weighted by Crippen LogP contribution is 2.12. The Morgan fingerprint density at radius 1 is 1.16 bits per heavy atom. The van der Waals surface area contributed by atoms with Crippen molar-refractivity contribution in [3.63, 3.8) is 0 Å². The van der Waals surface area contributed by atoms with Crippen LogP contribution in [0.4, 0.5) is 0 Å². The third-order valence-corrected chi connectivity index (χ3v) is 3.62. The number of amides is 2. The standard InChI is InChI=1S/C18H26N2O5/c1-6-25-15(21)11-20(4)18(23)16(12(2)3)19-17(22)13-7-9-14(24-5)10-8-13/h7-10,12,16H,6,11H2,1-5H3,(H,19,22). The topological polar surface area (TPSA) is 84.9 Å². The molecule has 1 N–H and O–H groups in total. The van der Waals surface area contributed by atoms with E-state index in [1.807, 2.05) is 13.8 Å². The average Bonchev–Trinajstić information content (AvgIpc) is 2.58. The molecular formula is C18H26N2O5. The number of likely N-dealkylation sites (N-methyl/N-ethyl adjacent to an activating group) is 1. The van der Waals surface area contributed by atoms with Crippen molar-refractivity contribution >= 4 is 17.8 Å². The molecule has 2 amide bonds. The molecule has 0 aliphatic carbocycles. The van der Waals surface area contributed by atoms with Crippen molar-refractivity contribution in [1.82, 2.24) is 10.2 Å². The zero-order valence-corrected chi connectivity index (χ0v) is 15.4. The SMILES string of the molecule is CCOC(=O)CN(C)C(=O)C(NC(=O)c1ccc(OC)cc1)C(C)C. The number of methoxy groups -OCH3 is 1. The van der Waals surface area contributed by atoms with Crippen molar-refractivity contribution in [1.29, 1.82) is 0 Å². The van der Waals surface area contributed by atoms with Gasteiger partial charge in [0.2, 0.25) is 5.91 Å². The Bertz CT molecular complexity index is 598. The molecular weight excluding hydrogens is 324 g/mol. The first-order valence-electron chi connectivity index (χ1n) is 8.15. The molecule has 0 spiro atoms. The number of ether oxygens (including phenoxy) is 2. The van der Waals surface area contributed by atoms with Gasteiger partial charge in [0, 0.05) is 12.6 Å². The minimum atomic E-state index is -0.742. The van der Waals surface area contributed by atoms with Crippen LogP contribution < -0.4 is 10.1 Å². The molecule has 1 unspecified atom stereocenters. The molecule has 7 heteroatoms. The molecule has 1 rings (SSSR count). The first-order valence-corrected chi connectivity index (χ1v) is 8.15. The second-order valence-corrected chi connectivity index (χ2v) is 5.92. The molecule has 1 atom stereocenters. The Balaban J connectivity index is 2.79. The summed E-state index contributed by atoms with van der Waals surface area (Å²) in [5.74, 6) is -0.687. The van der Waals surface area contributed by atoms with E-state index in [1.54, 1.807) is 38.3 Å². The predicted molar refractivity (Wildman–Crippen MR) is 93.4 cm³/mol. The molecule has 7 nitrogen and oxygen atoms in total. The zero-order chi connectivity index (χ0) is 19.0. The highest BCUT2D eigenvalue weighted by atomic mass is 16.5. The van der Waals surface area contributed by atoms with Gasteiger partial charge in [-0.15, -0.1) is 0 Å². The van der Waals surface area contributed by atoms with Crippen molar-refractivity contribution in [2.75, 3.05) is 27.3 Å². The second-order valence-electron chi connectivity index (χ2n) is 5.92. The van der Waals surface area contributed by atoms with Gasteiger partial charge in [0.1, 0.15) is 18.3 Å². The monoisotopic (exact) mass is 350 g/mol. The smallest absolute Gasteiger partial charge is 0.325 e. The van der Waals surface area contributed by atoms with E-state index in [1.165, 1.54) is 11.9 Å². The van der Waals surface area contributed by atoms with Gasteiger partial charge in [-0.3, -0.25) is 14.4 Å². The summed E-state index contributed by atoms with van der Waals surface area (Å²) in [5.41, 5.74) is 0.423. The largest absolute Gasteiger partial charge is 0.497 e. The van der Waals surface area contributed by atoms with Crippen molar-refractivity contribution < 1.29 is 23.9 Å². The van der Waals surface area contributed by atoms with Gasteiger partial charge in [0.15, 0.2) is 0 Å². The van der Waals surface area contributed by atoms with Crippen LogP contribution in [0.15, 0.2) is 24.3 Å². The van der Waals surface area contributed by atoms with E-state index in [0.717, 1.165) is 0 Å². The van der Waals surface area contributed by atoms with Gasteiger partial charge in [-0.1, -0.05) is 13.8 Å². The highest BCUT2D eigenvalue weighted by molar-refractivity contribution is 5.98. The summed E-state index contributed by atoms with van der Waals surface area (Å²) in [5, 5.41) is 2.73. The Morgan fingerprint density at radius 3 is 2.24 bits per heavy atom. The molecule has 0 heterocycles. The molecule has 0 radical (unpaired) electrons. The molecule has 138 valence electrons. The lowest BCUT2D eigenvalue weighted by atomic mass is 10.0. The third-order valence-electron chi connectivity index (χ3n) is 3.62. The number of nitrogens with one attached hydrogen (secondary N) is 1. The van der Waals surface area contributed by atoms with Crippen LogP contribution in [0, 0.1) is 5.92 Å². The Labute approximate surface area is 148 Å². The third kappa shape index (κ3) is 6.10. The van der Waals surface area contributed by atoms with E-state index in [-0.39, 0.29) is 30.9 Å². The lowest BCUT2D eigenvalue weighted by Crippen LogP contribution is -2.51. The molecule has 0 saturated heterocycles. The first kappa shape index (κ1) is 20.5. The van der Waals surface area contributed by atoms with Crippen molar-refractivity contribution in [2.24, 2.45) is 5.92 Å². The lowest BCUT2D eigenvalue weighted by Gasteiger charge is -2.26. The van der Waals surface area contributed by atoms with Crippen LogP contribution in [-0.4, -0.2) is 56.0 Å². The molecule has 0 saturated carbocycles. The molecule has 0 bridgehead atoms. The van der Waals surface area contributed by atoms with Gasteiger partial charge >= 0.3 is 5.97 Å². The minimum Gasteiger partial charge on any atom is -0.497 e. The summed E-state index contributed by atoms with van der Waals surface area (Å²) in [6.45, 7) is 5.45. The number of hydrogen-bond acceptors (Lipinski definition) is 5. The number of rotatable bonds is 8. The van der Waals surface area contributed by atoms with Crippen LogP contribution in [0.5, 0.6) is 5.75 Å². The molecule has 1 aromatic rings. The Morgan fingerprint density at radius 2 is 1.76 bits per heavy atom. The second kappa shape index (κ2) is 9.66. The number of esters is 1. The zero-order valence-electron chi connectivity index (χ0n) is 15.4. The van der Waals surface area contributed by atoms with Crippen molar-refractivity contribution in [3.05, 3.63) is 29.8 Å². The van der Waals surface area contributed by atoms with Gasteiger partial charge < -0.3 is 19.7 Å². The summed E-state index contributed by atoms with van der Waals surface area (Å²) in [6, 6.07) is 5.85. The van der Waals surface area contributed by atoms with Gasteiger partial charge in [0.05, 0.1) is 13.7 Å². The van der Waals surface area contributed by atoms with E-state index in [4.69, 9.17) is 9.47 Å². The van der Waals surface area contributed by atoms with Gasteiger partial charge in [0.25, 0.3) is 5.91 Å². The van der Waals surface area contributed by atoms with Crippen LogP contribution in [-0.2, 0) is 14.3 Å². The maximum absolute atomic E-state index is 12.6. The number of carbonyl (C=O) groups excluding carboxylic acids is 3. The van der Waals surface area contributed by atoms with Gasteiger partial charge in [-0.2, -0.15) is 0 Å². The molecule has 1 aromatic carbocycles. The summed E-state index contributed by atoms with van der Waals surface area (Å²) >= 11 is 0. The van der Waals surface area contributed by atoms with E-state index in [9.17, 15) is 14.4 Å². The van der Waals surface area contributed by atoms with Gasteiger partial charge in [-0.05, 0) is 37.1 Å². The highest BCUT2D eigenvalue weighted by Gasteiger charge is 2.28.